The van der Waals surface area contributed by atoms with Gasteiger partial charge < -0.3 is 24.6 Å². The van der Waals surface area contributed by atoms with E-state index in [-0.39, 0.29) is 35.0 Å². The molecule has 1 saturated carbocycles. The maximum atomic E-state index is 13.2. The molecule has 40 heavy (non-hydrogen) atoms. The molecule has 0 atom stereocenters. The molecule has 1 saturated heterocycles. The second-order valence-corrected chi connectivity index (χ2v) is 12.2. The molecule has 1 aliphatic carbocycles. The van der Waals surface area contributed by atoms with Gasteiger partial charge in [-0.1, -0.05) is 52.6 Å². The van der Waals surface area contributed by atoms with Crippen LogP contribution < -0.4 is 15.0 Å². The highest BCUT2D eigenvalue weighted by Crippen LogP contribution is 2.55. The molecule has 1 heterocycles. The number of anilines is 1. The van der Waals surface area contributed by atoms with E-state index in [1.807, 2.05) is 24.3 Å². The van der Waals surface area contributed by atoms with E-state index in [1.165, 1.54) is 0 Å². The summed E-state index contributed by atoms with van der Waals surface area (Å²) in [6.45, 7) is 13.5. The van der Waals surface area contributed by atoms with E-state index in [2.05, 4.69) is 50.9 Å². The first kappa shape index (κ1) is 29.5. The number of halogens is 1. The van der Waals surface area contributed by atoms with Crippen molar-refractivity contribution in [2.75, 3.05) is 37.7 Å². The van der Waals surface area contributed by atoms with Crippen molar-refractivity contribution in [3.05, 3.63) is 58.6 Å². The van der Waals surface area contributed by atoms with Crippen LogP contribution in [0.1, 0.15) is 63.4 Å². The van der Waals surface area contributed by atoms with Gasteiger partial charge in [0.15, 0.2) is 0 Å². The highest BCUT2D eigenvalue weighted by molar-refractivity contribution is 6.31. The van der Waals surface area contributed by atoms with Crippen LogP contribution in [0.25, 0.3) is 0 Å². The molecule has 2 aromatic rings. The van der Waals surface area contributed by atoms with E-state index < -0.39 is 0 Å². The lowest BCUT2D eigenvalue weighted by Gasteiger charge is -2.63. The van der Waals surface area contributed by atoms with Crippen molar-refractivity contribution in [2.45, 2.75) is 59.6 Å². The van der Waals surface area contributed by atoms with Crippen LogP contribution in [-0.2, 0) is 4.74 Å². The summed E-state index contributed by atoms with van der Waals surface area (Å²) >= 11 is 6.20. The second-order valence-electron chi connectivity index (χ2n) is 11.8. The number of nitrogens with zero attached hydrogens (tertiary/aromatic N) is 3. The van der Waals surface area contributed by atoms with Crippen molar-refractivity contribution in [3.63, 3.8) is 0 Å². The molecule has 4 rings (SSSR count). The lowest BCUT2D eigenvalue weighted by atomic mass is 9.49. The van der Waals surface area contributed by atoms with Crippen LogP contribution in [0.5, 0.6) is 5.75 Å². The fourth-order valence-corrected chi connectivity index (χ4v) is 6.39. The summed E-state index contributed by atoms with van der Waals surface area (Å²) < 4.78 is 11.7. The zero-order valence-corrected chi connectivity index (χ0v) is 24.8. The second kappa shape index (κ2) is 12.0. The topological polar surface area (TPSA) is 94.9 Å². The smallest absolute Gasteiger partial charge is 0.409 e. The molecule has 0 spiro atoms. The Bertz CT molecular complexity index is 1250. The first-order valence-electron chi connectivity index (χ1n) is 13.9. The fourth-order valence-electron chi connectivity index (χ4n) is 6.18. The van der Waals surface area contributed by atoms with Crippen molar-refractivity contribution in [1.29, 1.82) is 5.26 Å². The largest absolute Gasteiger partial charge is 0.489 e. The number of hydrogen-bond acceptors (Lipinski definition) is 6. The van der Waals surface area contributed by atoms with Gasteiger partial charge in [0, 0.05) is 60.4 Å². The van der Waals surface area contributed by atoms with Gasteiger partial charge in [-0.2, -0.15) is 5.26 Å². The first-order chi connectivity index (χ1) is 19.0. The van der Waals surface area contributed by atoms with Crippen molar-refractivity contribution in [3.8, 4) is 11.8 Å². The van der Waals surface area contributed by atoms with Crippen molar-refractivity contribution < 1.29 is 19.1 Å². The molecule has 0 bridgehead atoms. The van der Waals surface area contributed by atoms with E-state index >= 15 is 0 Å². The number of carbonyl (C=O) groups is 2. The highest BCUT2D eigenvalue weighted by atomic mass is 35.5. The Morgan fingerprint density at radius 2 is 1.70 bits per heavy atom. The standard InChI is InChI=1S/C31H39ClN4O4/c1-6-7-18-39-29(38)36-16-14-35(15-17-36)23-11-8-21(9-12-23)26(37)34-27-30(2,3)28(31(27,4)5)40-24-13-10-22(20-33)25(32)19-24/h8-13,19,27-28H,6-7,14-18H2,1-5H3,(H,34,37). The molecule has 8 nitrogen and oxygen atoms in total. The first-order valence-corrected chi connectivity index (χ1v) is 14.3. The van der Waals surface area contributed by atoms with Crippen LogP contribution in [0.2, 0.25) is 5.02 Å². The van der Waals surface area contributed by atoms with Gasteiger partial charge in [-0.15, -0.1) is 0 Å². The van der Waals surface area contributed by atoms with Gasteiger partial charge in [0.05, 0.1) is 17.2 Å². The zero-order valence-electron chi connectivity index (χ0n) is 24.0. The third kappa shape index (κ3) is 6.00. The minimum absolute atomic E-state index is 0.115. The number of hydrogen-bond donors (Lipinski definition) is 1. The van der Waals surface area contributed by atoms with Crippen molar-refractivity contribution >= 4 is 29.3 Å². The van der Waals surface area contributed by atoms with E-state index in [1.54, 1.807) is 23.1 Å². The SMILES string of the molecule is CCCCOC(=O)N1CCN(c2ccc(C(=O)NC3C(C)(C)C(Oc4ccc(C#N)c(Cl)c4)C3(C)C)cc2)CC1. The molecular weight excluding hydrogens is 528 g/mol. The lowest BCUT2D eigenvalue weighted by molar-refractivity contribution is -0.164. The Labute approximate surface area is 242 Å². The van der Waals surface area contributed by atoms with Crippen LogP contribution in [0, 0.1) is 22.2 Å². The van der Waals surface area contributed by atoms with Crippen molar-refractivity contribution in [1.82, 2.24) is 10.2 Å². The summed E-state index contributed by atoms with van der Waals surface area (Å²) in [4.78, 5) is 29.4. The molecule has 1 aliphatic heterocycles. The van der Waals surface area contributed by atoms with Crippen LogP contribution in [0.3, 0.4) is 0 Å². The maximum Gasteiger partial charge on any atom is 0.409 e. The molecule has 2 amide bonds. The van der Waals surface area contributed by atoms with E-state index in [0.29, 0.717) is 54.7 Å². The number of rotatable bonds is 8. The van der Waals surface area contributed by atoms with Crippen LogP contribution in [0.15, 0.2) is 42.5 Å². The number of piperazine rings is 1. The van der Waals surface area contributed by atoms with Gasteiger partial charge in [0.2, 0.25) is 0 Å². The van der Waals surface area contributed by atoms with E-state index in [9.17, 15) is 9.59 Å². The third-order valence-electron chi connectivity index (χ3n) is 8.19. The Kier molecular flexibility index (Phi) is 8.84. The number of nitriles is 1. The molecule has 0 unspecified atom stereocenters. The molecule has 2 aliphatic rings. The maximum absolute atomic E-state index is 13.2. The molecule has 214 valence electrons. The third-order valence-corrected chi connectivity index (χ3v) is 8.50. The van der Waals surface area contributed by atoms with Crippen LogP contribution >= 0.6 is 11.6 Å². The molecule has 2 aromatic carbocycles. The van der Waals surface area contributed by atoms with Gasteiger partial charge >= 0.3 is 6.09 Å². The fraction of sp³-hybridized carbons (Fsp3) is 0.516. The summed E-state index contributed by atoms with van der Waals surface area (Å²) in [6.07, 6.45) is 1.47. The van der Waals surface area contributed by atoms with Gasteiger partial charge in [-0.25, -0.2) is 4.79 Å². The monoisotopic (exact) mass is 566 g/mol. The predicted octanol–water partition coefficient (Wildman–Crippen LogP) is 5.88. The molecule has 0 aromatic heterocycles. The van der Waals surface area contributed by atoms with Crippen molar-refractivity contribution in [2.24, 2.45) is 10.8 Å². The number of benzene rings is 2. The van der Waals surface area contributed by atoms with Gasteiger partial charge in [0.1, 0.15) is 17.9 Å². The molecule has 9 heteroatoms. The molecule has 0 radical (unpaired) electrons. The number of carbonyl (C=O) groups excluding carboxylic acids is 2. The summed E-state index contributed by atoms with van der Waals surface area (Å²) in [7, 11) is 0. The predicted molar refractivity (Wildman–Crippen MR) is 156 cm³/mol. The Hall–Kier alpha value is -3.44. The minimum Gasteiger partial charge on any atom is -0.489 e. The number of nitrogens with one attached hydrogen (secondary N) is 1. The average Bonchev–Trinajstić information content (AvgIpc) is 2.94. The molecule has 1 N–H and O–H groups in total. The van der Waals surface area contributed by atoms with E-state index in [0.717, 1.165) is 18.5 Å². The lowest BCUT2D eigenvalue weighted by Crippen LogP contribution is -2.74. The van der Waals surface area contributed by atoms with Gasteiger partial charge in [-0.3, -0.25) is 4.79 Å². The minimum atomic E-state index is -0.336. The Balaban J connectivity index is 1.33. The normalized spacial score (nSPS) is 21.1. The van der Waals surface area contributed by atoms with Crippen LogP contribution in [-0.4, -0.2) is 61.8 Å². The molecular formula is C31H39ClN4O4. The average molecular weight is 567 g/mol. The number of amides is 2. The Morgan fingerprint density at radius 1 is 1.05 bits per heavy atom. The summed E-state index contributed by atoms with van der Waals surface area (Å²) in [5, 5.41) is 12.7. The quantitative estimate of drug-likeness (QED) is 0.401. The molecule has 2 fully saturated rings. The summed E-state index contributed by atoms with van der Waals surface area (Å²) in [6, 6.07) is 14.6. The highest BCUT2D eigenvalue weighted by Gasteiger charge is 2.64. The number of unbranched alkanes of at least 4 members (excludes halogenated alkanes) is 1. The van der Waals surface area contributed by atoms with Crippen LogP contribution in [0.4, 0.5) is 10.5 Å². The summed E-state index contributed by atoms with van der Waals surface area (Å²) in [5.74, 6) is 0.474. The zero-order chi connectivity index (χ0) is 29.1. The van der Waals surface area contributed by atoms with Gasteiger partial charge in [0.25, 0.3) is 5.91 Å². The van der Waals surface area contributed by atoms with Gasteiger partial charge in [-0.05, 0) is 42.8 Å². The Morgan fingerprint density at radius 3 is 2.27 bits per heavy atom. The number of ether oxygens (including phenoxy) is 2. The van der Waals surface area contributed by atoms with E-state index in [4.69, 9.17) is 26.3 Å². The summed E-state index contributed by atoms with van der Waals surface area (Å²) in [5.41, 5.74) is 1.35.